The Kier molecular flexibility index (Phi) is 5.90. The summed E-state index contributed by atoms with van der Waals surface area (Å²) in [4.78, 5) is 12.3. The average Bonchev–Trinajstić information content (AvgIpc) is 2.96. The van der Waals surface area contributed by atoms with Crippen molar-refractivity contribution >= 4 is 16.0 Å². The Bertz CT molecular complexity index is 986. The fourth-order valence-corrected chi connectivity index (χ4v) is 5.80. The summed E-state index contributed by atoms with van der Waals surface area (Å²) in [5.41, 5.74) is 0. The van der Waals surface area contributed by atoms with E-state index in [0.717, 1.165) is 12.4 Å². The lowest BCUT2D eigenvalue weighted by Crippen LogP contribution is -2.49. The molecule has 0 spiro atoms. The van der Waals surface area contributed by atoms with E-state index >= 15 is 0 Å². The number of likely N-dealkylation sites (N-methyl/N-ethyl adjacent to an activating group) is 1. The number of anilines is 1. The molecule has 0 bridgehead atoms. The molecule has 1 aromatic heterocycles. The van der Waals surface area contributed by atoms with Gasteiger partial charge >= 0.3 is 0 Å². The number of hydrogen-bond donors (Lipinski definition) is 0. The lowest BCUT2D eigenvalue weighted by atomic mass is 10.1. The molecule has 0 aliphatic carbocycles. The maximum Gasteiger partial charge on any atom is 0.247 e. The molecule has 1 saturated heterocycles. The standard InChI is InChI=1S/C20H26FN5O3S/c1-24(2)11-12-26-16-7-9-25(20-22-13-15(21)14-23-20)10-8-17(16)29-18-5-3-4-6-19(18)30(26,27)28/h3-6,13-14,16-17H,7-12H2,1-2H3/t16-,17-/m0/s1. The van der Waals surface area contributed by atoms with Crippen molar-refractivity contribution in [2.24, 2.45) is 0 Å². The van der Waals surface area contributed by atoms with Crippen LogP contribution in [-0.2, 0) is 10.0 Å². The molecule has 0 saturated carbocycles. The van der Waals surface area contributed by atoms with Crippen molar-refractivity contribution in [2.45, 2.75) is 29.9 Å². The number of rotatable bonds is 4. The van der Waals surface area contributed by atoms with Gasteiger partial charge in [-0.3, -0.25) is 0 Å². The molecule has 30 heavy (non-hydrogen) atoms. The highest BCUT2D eigenvalue weighted by molar-refractivity contribution is 7.89. The molecular formula is C20H26FN5O3S. The molecular weight excluding hydrogens is 409 g/mol. The maximum atomic E-state index is 13.5. The number of halogens is 1. The fourth-order valence-electron chi connectivity index (χ4n) is 4.01. The molecule has 8 nitrogen and oxygen atoms in total. The Balaban J connectivity index is 1.67. The fraction of sp³-hybridized carbons (Fsp3) is 0.500. The summed E-state index contributed by atoms with van der Waals surface area (Å²) in [7, 11) is 0.140. The predicted octanol–water partition coefficient (Wildman–Crippen LogP) is 1.60. The van der Waals surface area contributed by atoms with Gasteiger partial charge in [-0.1, -0.05) is 12.1 Å². The van der Waals surface area contributed by atoms with Gasteiger partial charge in [-0.15, -0.1) is 0 Å². The number of para-hydroxylation sites is 1. The number of aromatic nitrogens is 2. The van der Waals surface area contributed by atoms with Crippen LogP contribution in [0.5, 0.6) is 5.75 Å². The van der Waals surface area contributed by atoms with E-state index in [9.17, 15) is 12.8 Å². The van der Waals surface area contributed by atoms with Crippen molar-refractivity contribution < 1.29 is 17.5 Å². The van der Waals surface area contributed by atoms with Crippen molar-refractivity contribution in [1.82, 2.24) is 19.2 Å². The van der Waals surface area contributed by atoms with Gasteiger partial charge in [0.1, 0.15) is 16.7 Å². The first kappa shape index (κ1) is 21.0. The summed E-state index contributed by atoms with van der Waals surface area (Å²) in [5, 5.41) is 0. The number of benzene rings is 1. The number of hydrogen-bond acceptors (Lipinski definition) is 7. The molecule has 3 heterocycles. The predicted molar refractivity (Wildman–Crippen MR) is 111 cm³/mol. The van der Waals surface area contributed by atoms with Crippen molar-refractivity contribution in [3.63, 3.8) is 0 Å². The third kappa shape index (κ3) is 4.12. The zero-order valence-corrected chi connectivity index (χ0v) is 17.9. The first-order chi connectivity index (χ1) is 14.4. The van der Waals surface area contributed by atoms with Gasteiger partial charge in [0, 0.05) is 32.6 Å². The number of fused-ring (bicyclic) bond motifs is 2. The third-order valence-corrected chi connectivity index (χ3v) is 7.51. The molecule has 1 fully saturated rings. The highest BCUT2D eigenvalue weighted by Gasteiger charge is 2.43. The summed E-state index contributed by atoms with van der Waals surface area (Å²) in [6.07, 6.45) is 3.16. The van der Waals surface area contributed by atoms with E-state index in [0.29, 0.717) is 50.7 Å². The van der Waals surface area contributed by atoms with Crippen LogP contribution < -0.4 is 9.64 Å². The summed E-state index contributed by atoms with van der Waals surface area (Å²) >= 11 is 0. The Morgan fingerprint density at radius 2 is 1.87 bits per heavy atom. The van der Waals surface area contributed by atoms with Crippen LogP contribution in [0, 0.1) is 5.82 Å². The minimum Gasteiger partial charge on any atom is -0.487 e. The van der Waals surface area contributed by atoms with Gasteiger partial charge in [-0.25, -0.2) is 22.8 Å². The summed E-state index contributed by atoms with van der Waals surface area (Å²) in [5.74, 6) is 0.349. The summed E-state index contributed by atoms with van der Waals surface area (Å²) < 4.78 is 48.1. The van der Waals surface area contributed by atoms with Gasteiger partial charge < -0.3 is 14.5 Å². The number of nitrogens with zero attached hydrogens (tertiary/aromatic N) is 5. The number of ether oxygens (including phenoxy) is 1. The van der Waals surface area contributed by atoms with E-state index in [1.54, 1.807) is 28.6 Å². The Labute approximate surface area is 176 Å². The zero-order chi connectivity index (χ0) is 21.3. The van der Waals surface area contributed by atoms with Crippen molar-refractivity contribution in [3.05, 3.63) is 42.5 Å². The maximum absolute atomic E-state index is 13.5. The lowest BCUT2D eigenvalue weighted by Gasteiger charge is -2.32. The van der Waals surface area contributed by atoms with Crippen LogP contribution in [0.2, 0.25) is 0 Å². The molecule has 2 aliphatic rings. The first-order valence-corrected chi connectivity index (χ1v) is 11.4. The van der Waals surface area contributed by atoms with Gasteiger partial charge in [-0.2, -0.15) is 4.31 Å². The third-order valence-electron chi connectivity index (χ3n) is 5.55. The molecule has 162 valence electrons. The van der Waals surface area contributed by atoms with Gasteiger partial charge in [-0.05, 0) is 32.6 Å². The molecule has 10 heteroatoms. The van der Waals surface area contributed by atoms with Crippen LogP contribution in [-0.4, -0.2) is 80.0 Å². The Morgan fingerprint density at radius 3 is 2.60 bits per heavy atom. The van der Waals surface area contributed by atoms with Crippen LogP contribution in [0.25, 0.3) is 0 Å². The van der Waals surface area contributed by atoms with E-state index in [4.69, 9.17) is 4.74 Å². The van der Waals surface area contributed by atoms with E-state index in [-0.39, 0.29) is 17.0 Å². The highest BCUT2D eigenvalue weighted by atomic mass is 32.2. The highest BCUT2D eigenvalue weighted by Crippen LogP contribution is 2.36. The Morgan fingerprint density at radius 1 is 1.17 bits per heavy atom. The minimum absolute atomic E-state index is 0.218. The normalized spacial score (nSPS) is 23.8. The quantitative estimate of drug-likeness (QED) is 0.722. The van der Waals surface area contributed by atoms with Crippen LogP contribution in [0.4, 0.5) is 10.3 Å². The monoisotopic (exact) mass is 435 g/mol. The van der Waals surface area contributed by atoms with E-state index in [1.807, 2.05) is 23.9 Å². The van der Waals surface area contributed by atoms with Crippen molar-refractivity contribution in [3.8, 4) is 5.75 Å². The smallest absolute Gasteiger partial charge is 0.247 e. The van der Waals surface area contributed by atoms with Crippen LogP contribution >= 0.6 is 0 Å². The molecule has 4 rings (SSSR count). The van der Waals surface area contributed by atoms with Gasteiger partial charge in [0.25, 0.3) is 0 Å². The minimum atomic E-state index is -3.71. The van der Waals surface area contributed by atoms with Gasteiger partial charge in [0.15, 0.2) is 5.82 Å². The molecule has 0 N–H and O–H groups in total. The van der Waals surface area contributed by atoms with E-state index in [2.05, 4.69) is 9.97 Å². The zero-order valence-electron chi connectivity index (χ0n) is 17.1. The molecule has 2 aromatic rings. The molecule has 0 unspecified atom stereocenters. The van der Waals surface area contributed by atoms with Crippen molar-refractivity contribution in [2.75, 3.05) is 45.2 Å². The summed E-state index contributed by atoms with van der Waals surface area (Å²) in [6, 6.07) is 6.52. The van der Waals surface area contributed by atoms with E-state index < -0.39 is 15.8 Å². The van der Waals surface area contributed by atoms with Crippen LogP contribution in [0.15, 0.2) is 41.6 Å². The lowest BCUT2D eigenvalue weighted by molar-refractivity contribution is 0.110. The molecule has 2 atom stereocenters. The summed E-state index contributed by atoms with van der Waals surface area (Å²) in [6.45, 7) is 2.13. The topological polar surface area (TPSA) is 78.9 Å². The Hall–Kier alpha value is -2.30. The van der Waals surface area contributed by atoms with Crippen molar-refractivity contribution in [1.29, 1.82) is 0 Å². The van der Waals surface area contributed by atoms with E-state index in [1.165, 1.54) is 0 Å². The molecule has 0 amide bonds. The van der Waals surface area contributed by atoms with Crippen LogP contribution in [0.1, 0.15) is 12.8 Å². The molecule has 1 aromatic carbocycles. The van der Waals surface area contributed by atoms with Gasteiger partial charge in [0.2, 0.25) is 16.0 Å². The number of sulfonamides is 1. The first-order valence-electron chi connectivity index (χ1n) is 10.0. The van der Waals surface area contributed by atoms with Gasteiger partial charge in [0.05, 0.1) is 18.4 Å². The molecule has 0 radical (unpaired) electrons. The SMILES string of the molecule is CN(C)CCN1[C@H]2CCN(c3ncc(F)cn3)CC[C@@H]2Oc2ccccc2S1(=O)=O. The second-order valence-corrected chi connectivity index (χ2v) is 9.71. The molecule has 2 aliphatic heterocycles. The second kappa shape index (κ2) is 8.44. The average molecular weight is 436 g/mol. The second-order valence-electron chi connectivity index (χ2n) is 7.86. The van der Waals surface area contributed by atoms with Crippen LogP contribution in [0.3, 0.4) is 0 Å². The largest absolute Gasteiger partial charge is 0.487 e.